The van der Waals surface area contributed by atoms with Gasteiger partial charge in [-0.3, -0.25) is 0 Å². The van der Waals surface area contributed by atoms with Gasteiger partial charge in [-0.05, 0) is 26.8 Å². The zero-order chi connectivity index (χ0) is 11.6. The molecule has 0 saturated carbocycles. The molecule has 15 heavy (non-hydrogen) atoms. The molecule has 0 fully saturated rings. The van der Waals surface area contributed by atoms with Crippen LogP contribution in [0, 0.1) is 0 Å². The van der Waals surface area contributed by atoms with Gasteiger partial charge in [0, 0.05) is 25.9 Å². The molecule has 0 bridgehead atoms. The highest BCUT2D eigenvalue weighted by molar-refractivity contribution is 6.61. The third-order valence-corrected chi connectivity index (χ3v) is 4.61. The van der Waals surface area contributed by atoms with E-state index in [1.54, 1.807) is 13.4 Å². The van der Waals surface area contributed by atoms with E-state index in [1.165, 1.54) is 0 Å². The van der Waals surface area contributed by atoms with Crippen molar-refractivity contribution in [3.05, 3.63) is 12.3 Å². The Kier molecular flexibility index (Phi) is 8.69. The fourth-order valence-electron chi connectivity index (χ4n) is 1.25. The highest BCUT2D eigenvalue weighted by atomic mass is 28.4. The van der Waals surface area contributed by atoms with Gasteiger partial charge in [0.2, 0.25) is 0 Å². The lowest BCUT2D eigenvalue weighted by molar-refractivity contribution is 0.0741. The smallest absolute Gasteiger partial charge is 0.505 e. The van der Waals surface area contributed by atoms with E-state index < -0.39 is 8.80 Å². The quantitative estimate of drug-likeness (QED) is 0.453. The molecule has 0 aromatic heterocycles. The first kappa shape index (κ1) is 14.6. The van der Waals surface area contributed by atoms with E-state index in [1.807, 2.05) is 26.8 Å². The van der Waals surface area contributed by atoms with Gasteiger partial charge in [0.15, 0.2) is 0 Å². The average molecular weight is 234 g/mol. The van der Waals surface area contributed by atoms with Crippen LogP contribution in [0.5, 0.6) is 0 Å². The molecule has 5 heteroatoms. The van der Waals surface area contributed by atoms with E-state index in [2.05, 4.69) is 0 Å². The van der Waals surface area contributed by atoms with Crippen LogP contribution in [-0.2, 0) is 18.0 Å². The summed E-state index contributed by atoms with van der Waals surface area (Å²) in [6.07, 6.45) is 3.51. The van der Waals surface area contributed by atoms with Crippen LogP contribution in [0.25, 0.3) is 0 Å². The normalized spacial score (nSPS) is 12.3. The summed E-state index contributed by atoms with van der Waals surface area (Å²) in [5.41, 5.74) is 0. The van der Waals surface area contributed by atoms with Crippen LogP contribution in [0.15, 0.2) is 12.3 Å². The van der Waals surface area contributed by atoms with E-state index in [-0.39, 0.29) is 0 Å². The van der Waals surface area contributed by atoms with E-state index >= 15 is 0 Å². The first-order valence-corrected chi connectivity index (χ1v) is 7.27. The molecule has 0 saturated heterocycles. The second-order valence-electron chi connectivity index (χ2n) is 2.79. The Balaban J connectivity index is 4.37. The summed E-state index contributed by atoms with van der Waals surface area (Å²) in [5, 5.41) is 0. The maximum Gasteiger partial charge on any atom is 0.505 e. The molecule has 0 heterocycles. The minimum absolute atomic E-state index is 0.604. The van der Waals surface area contributed by atoms with Crippen molar-refractivity contribution in [3.63, 3.8) is 0 Å². The van der Waals surface area contributed by atoms with Crippen LogP contribution in [0.4, 0.5) is 0 Å². The summed E-state index contributed by atoms with van der Waals surface area (Å²) in [6, 6.07) is 0.649. The summed E-state index contributed by atoms with van der Waals surface area (Å²) in [7, 11) is -0.887. The van der Waals surface area contributed by atoms with Crippen molar-refractivity contribution in [3.8, 4) is 0 Å². The average Bonchev–Trinajstić information content (AvgIpc) is 2.19. The van der Waals surface area contributed by atoms with Crippen molar-refractivity contribution in [2.24, 2.45) is 0 Å². The second kappa shape index (κ2) is 8.91. The third kappa shape index (κ3) is 5.94. The van der Waals surface area contributed by atoms with E-state index in [4.69, 9.17) is 18.0 Å². The highest BCUT2D eigenvalue weighted by Crippen LogP contribution is 2.16. The molecule has 0 unspecified atom stereocenters. The van der Waals surface area contributed by atoms with Gasteiger partial charge in [-0.25, -0.2) is 0 Å². The van der Waals surface area contributed by atoms with Crippen molar-refractivity contribution in [2.75, 3.05) is 26.9 Å². The van der Waals surface area contributed by atoms with Crippen LogP contribution in [0.3, 0.4) is 0 Å². The Labute approximate surface area is 93.5 Å². The lowest BCUT2D eigenvalue weighted by atomic mass is 10.7. The molecule has 0 aromatic rings. The second-order valence-corrected chi connectivity index (χ2v) is 5.43. The standard InChI is InChI=1S/C10H22O4Si/c1-5-12-15(13-6-2,14-7-3)10-8-9-11-4/h8-9H,5-7,10H2,1-4H3/b9-8+. The molecular formula is C10H22O4Si. The Morgan fingerprint density at radius 1 is 0.933 bits per heavy atom. The van der Waals surface area contributed by atoms with Gasteiger partial charge in [-0.15, -0.1) is 0 Å². The van der Waals surface area contributed by atoms with Crippen LogP contribution in [0.1, 0.15) is 20.8 Å². The lowest BCUT2D eigenvalue weighted by Gasteiger charge is -2.27. The van der Waals surface area contributed by atoms with Gasteiger partial charge < -0.3 is 18.0 Å². The maximum absolute atomic E-state index is 5.64. The molecule has 0 N–H and O–H groups in total. The van der Waals surface area contributed by atoms with Crippen molar-refractivity contribution >= 4 is 8.80 Å². The summed E-state index contributed by atoms with van der Waals surface area (Å²) < 4.78 is 21.8. The molecule has 0 aliphatic rings. The minimum atomic E-state index is -2.50. The molecular weight excluding hydrogens is 212 g/mol. The Morgan fingerprint density at radius 3 is 1.73 bits per heavy atom. The molecule has 0 radical (unpaired) electrons. The largest absolute Gasteiger partial charge is 0.505 e. The lowest BCUT2D eigenvalue weighted by Crippen LogP contribution is -2.45. The molecule has 90 valence electrons. The van der Waals surface area contributed by atoms with Crippen molar-refractivity contribution in [1.29, 1.82) is 0 Å². The SMILES string of the molecule is CCO[Si](C/C=C/OC)(OCC)OCC. The first-order valence-electron chi connectivity index (χ1n) is 5.34. The fraction of sp³-hybridized carbons (Fsp3) is 0.800. The Morgan fingerprint density at radius 2 is 1.40 bits per heavy atom. The summed E-state index contributed by atoms with van der Waals surface area (Å²) in [4.78, 5) is 0. The molecule has 0 rings (SSSR count). The van der Waals surface area contributed by atoms with Crippen molar-refractivity contribution in [2.45, 2.75) is 26.8 Å². The van der Waals surface area contributed by atoms with Gasteiger partial charge in [-0.1, -0.05) is 0 Å². The fourth-order valence-corrected chi connectivity index (χ4v) is 3.56. The van der Waals surface area contributed by atoms with Gasteiger partial charge in [-0.2, -0.15) is 0 Å². The zero-order valence-electron chi connectivity index (χ0n) is 10.1. The van der Waals surface area contributed by atoms with Crippen molar-refractivity contribution < 1.29 is 18.0 Å². The molecule has 0 spiro atoms. The third-order valence-electron chi connectivity index (χ3n) is 1.69. The van der Waals surface area contributed by atoms with Gasteiger partial charge >= 0.3 is 8.80 Å². The van der Waals surface area contributed by atoms with Crippen LogP contribution >= 0.6 is 0 Å². The summed E-state index contributed by atoms with van der Waals surface area (Å²) >= 11 is 0. The predicted molar refractivity (Wildman–Crippen MR) is 61.6 cm³/mol. The van der Waals surface area contributed by atoms with E-state index in [0.29, 0.717) is 25.9 Å². The summed E-state index contributed by atoms with van der Waals surface area (Å²) in [5.74, 6) is 0. The van der Waals surface area contributed by atoms with Crippen LogP contribution < -0.4 is 0 Å². The molecule has 0 aliphatic carbocycles. The number of hydrogen-bond donors (Lipinski definition) is 0. The molecule has 0 atom stereocenters. The number of ether oxygens (including phenoxy) is 1. The van der Waals surface area contributed by atoms with Crippen molar-refractivity contribution in [1.82, 2.24) is 0 Å². The molecule has 4 nitrogen and oxygen atoms in total. The number of hydrogen-bond acceptors (Lipinski definition) is 4. The molecule has 0 aromatic carbocycles. The number of methoxy groups -OCH3 is 1. The number of allylic oxidation sites excluding steroid dienone is 1. The van der Waals surface area contributed by atoms with Gasteiger partial charge in [0.1, 0.15) is 0 Å². The first-order chi connectivity index (χ1) is 7.24. The topological polar surface area (TPSA) is 36.9 Å². The monoisotopic (exact) mass is 234 g/mol. The maximum atomic E-state index is 5.64. The highest BCUT2D eigenvalue weighted by Gasteiger charge is 2.38. The Hall–Kier alpha value is -0.363. The zero-order valence-corrected chi connectivity index (χ0v) is 11.1. The van der Waals surface area contributed by atoms with Crippen LogP contribution in [-0.4, -0.2) is 35.7 Å². The van der Waals surface area contributed by atoms with E-state index in [0.717, 1.165) is 0 Å². The predicted octanol–water partition coefficient (Wildman–Crippen LogP) is 2.19. The minimum Gasteiger partial charge on any atom is -0.505 e. The van der Waals surface area contributed by atoms with Gasteiger partial charge in [0.25, 0.3) is 0 Å². The van der Waals surface area contributed by atoms with E-state index in [9.17, 15) is 0 Å². The molecule has 0 amide bonds. The molecule has 0 aliphatic heterocycles. The number of rotatable bonds is 9. The summed E-state index contributed by atoms with van der Waals surface area (Å²) in [6.45, 7) is 7.65. The Bertz CT molecular complexity index is 156. The van der Waals surface area contributed by atoms with Gasteiger partial charge in [0.05, 0.1) is 13.4 Å². The van der Waals surface area contributed by atoms with Crippen LogP contribution in [0.2, 0.25) is 6.04 Å².